The summed E-state index contributed by atoms with van der Waals surface area (Å²) < 4.78 is 5.38. The molecule has 0 radical (unpaired) electrons. The Kier molecular flexibility index (Phi) is 6.39. The highest BCUT2D eigenvalue weighted by atomic mass is 16.5. The maximum Gasteiger partial charge on any atom is 0.336 e. The molecule has 0 aromatic heterocycles. The van der Waals surface area contributed by atoms with Crippen LogP contribution in [0, 0.1) is 5.41 Å². The van der Waals surface area contributed by atoms with E-state index in [2.05, 4.69) is 20.8 Å². The fraction of sp³-hybridized carbons (Fsp3) is 0.440. The summed E-state index contributed by atoms with van der Waals surface area (Å²) in [6.45, 7) is 13.6. The second-order valence-electron chi connectivity index (χ2n) is 9.54. The van der Waals surface area contributed by atoms with Gasteiger partial charge in [0.1, 0.15) is 11.4 Å². The molecule has 0 aliphatic heterocycles. The Hall–Kier alpha value is -2.46. The molecule has 1 aliphatic carbocycles. The molecule has 156 valence electrons. The molecule has 4 heteroatoms. The zero-order valence-electron chi connectivity index (χ0n) is 18.5. The van der Waals surface area contributed by atoms with Gasteiger partial charge in [0.15, 0.2) is 5.78 Å². The third-order valence-corrected chi connectivity index (χ3v) is 5.50. The van der Waals surface area contributed by atoms with Crippen LogP contribution < -0.4 is 4.74 Å². The third kappa shape index (κ3) is 5.33. The van der Waals surface area contributed by atoms with Crippen molar-refractivity contribution in [3.05, 3.63) is 65.3 Å². The molecule has 1 aliphatic rings. The van der Waals surface area contributed by atoms with Crippen molar-refractivity contribution in [3.63, 3.8) is 0 Å². The van der Waals surface area contributed by atoms with E-state index in [-0.39, 0.29) is 17.6 Å². The maximum atomic E-state index is 12.2. The van der Waals surface area contributed by atoms with Gasteiger partial charge in [0.25, 0.3) is 0 Å². The topological polar surface area (TPSA) is 63.6 Å². The van der Waals surface area contributed by atoms with E-state index in [0.29, 0.717) is 16.9 Å². The number of carbonyl (C=O) groups excluding carboxylic acids is 2. The second-order valence-corrected chi connectivity index (χ2v) is 9.54. The quantitative estimate of drug-likeness (QED) is 0.334. The Morgan fingerprint density at radius 3 is 2.28 bits per heavy atom. The normalized spacial score (nSPS) is 22.6. The summed E-state index contributed by atoms with van der Waals surface area (Å²) in [5.41, 5.74) is 0.572. The molecule has 0 bridgehead atoms. The summed E-state index contributed by atoms with van der Waals surface area (Å²) >= 11 is 0. The molecule has 0 unspecified atom stereocenters. The predicted octanol–water partition coefficient (Wildman–Crippen LogP) is 5.07. The number of ketones is 1. The molecule has 0 fully saturated rings. The summed E-state index contributed by atoms with van der Waals surface area (Å²) in [5, 5.41) is 11.1. The lowest BCUT2D eigenvalue weighted by atomic mass is 9.64. The average Bonchev–Trinajstić information content (AvgIpc) is 2.57. The molecule has 2 rings (SSSR count). The minimum atomic E-state index is -1.25. The van der Waals surface area contributed by atoms with Gasteiger partial charge in [0.2, 0.25) is 0 Å². The fourth-order valence-corrected chi connectivity index (χ4v) is 3.52. The first-order valence-corrected chi connectivity index (χ1v) is 9.88. The van der Waals surface area contributed by atoms with E-state index in [1.807, 2.05) is 26.0 Å². The van der Waals surface area contributed by atoms with Gasteiger partial charge in [-0.05, 0) is 60.3 Å². The van der Waals surface area contributed by atoms with E-state index >= 15 is 0 Å². The van der Waals surface area contributed by atoms with Gasteiger partial charge >= 0.3 is 5.97 Å². The Labute approximate surface area is 174 Å². The van der Waals surface area contributed by atoms with Crippen molar-refractivity contribution in [1.82, 2.24) is 0 Å². The van der Waals surface area contributed by atoms with Gasteiger partial charge in [-0.15, -0.1) is 0 Å². The van der Waals surface area contributed by atoms with Crippen LogP contribution in [-0.4, -0.2) is 22.5 Å². The summed E-state index contributed by atoms with van der Waals surface area (Å²) in [6, 6.07) is 7.48. The molecular weight excluding hydrogens is 364 g/mol. The minimum absolute atomic E-state index is 0.0129. The second kappa shape index (κ2) is 8.11. The molecule has 1 atom stereocenters. The lowest BCUT2D eigenvalue weighted by Gasteiger charge is -2.43. The number of benzene rings is 1. The smallest absolute Gasteiger partial charge is 0.336 e. The molecule has 0 heterocycles. The van der Waals surface area contributed by atoms with Crippen LogP contribution in [0.5, 0.6) is 5.75 Å². The number of hydrogen-bond acceptors (Lipinski definition) is 4. The van der Waals surface area contributed by atoms with Crippen LogP contribution >= 0.6 is 0 Å². The van der Waals surface area contributed by atoms with Gasteiger partial charge in [-0.25, -0.2) is 4.79 Å². The van der Waals surface area contributed by atoms with Crippen LogP contribution in [-0.2, 0) is 15.0 Å². The first kappa shape index (κ1) is 22.8. The lowest BCUT2D eigenvalue weighted by Crippen LogP contribution is -2.48. The number of carbonyl (C=O) groups is 2. The summed E-state index contributed by atoms with van der Waals surface area (Å²) in [5.74, 6) is 0.0206. The molecule has 29 heavy (non-hydrogen) atoms. The molecule has 1 aromatic rings. The highest BCUT2D eigenvalue weighted by Crippen LogP contribution is 2.44. The van der Waals surface area contributed by atoms with E-state index in [1.54, 1.807) is 38.1 Å². The standard InChI is InChI=1S/C25H32O4/c1-17(12-13-25(28)18(2)15-20(26)16-24(25,6)7)14-22(27)29-21-10-8-19(9-11-21)23(3,4)5/h8-15,28H,16H2,1-7H3/b13-12+,17-14-/t25-/m1/s1. The number of aliphatic hydroxyl groups is 1. The van der Waals surface area contributed by atoms with Crippen LogP contribution in [0.3, 0.4) is 0 Å². The van der Waals surface area contributed by atoms with Gasteiger partial charge in [0.05, 0.1) is 0 Å². The first-order valence-electron chi connectivity index (χ1n) is 9.88. The fourth-order valence-electron chi connectivity index (χ4n) is 3.52. The third-order valence-electron chi connectivity index (χ3n) is 5.50. The van der Waals surface area contributed by atoms with Crippen molar-refractivity contribution in [1.29, 1.82) is 0 Å². The van der Waals surface area contributed by atoms with E-state index < -0.39 is 17.0 Å². The van der Waals surface area contributed by atoms with Crippen LogP contribution in [0.25, 0.3) is 0 Å². The minimum Gasteiger partial charge on any atom is -0.423 e. The number of esters is 1. The largest absolute Gasteiger partial charge is 0.423 e. The molecule has 0 spiro atoms. The summed E-state index contributed by atoms with van der Waals surface area (Å²) in [7, 11) is 0. The van der Waals surface area contributed by atoms with Crippen LogP contribution in [0.2, 0.25) is 0 Å². The molecular formula is C25H32O4. The van der Waals surface area contributed by atoms with Gasteiger partial charge in [-0.2, -0.15) is 0 Å². The molecule has 0 amide bonds. The number of ether oxygens (including phenoxy) is 1. The van der Waals surface area contributed by atoms with E-state index in [1.165, 1.54) is 12.2 Å². The number of allylic oxidation sites excluding steroid dienone is 3. The summed E-state index contributed by atoms with van der Waals surface area (Å²) in [6.07, 6.45) is 6.49. The van der Waals surface area contributed by atoms with Crippen LogP contribution in [0.1, 0.15) is 60.5 Å². The Morgan fingerprint density at radius 2 is 1.76 bits per heavy atom. The maximum absolute atomic E-state index is 12.2. The zero-order chi connectivity index (χ0) is 22.0. The predicted molar refractivity (Wildman–Crippen MR) is 116 cm³/mol. The number of rotatable bonds is 4. The molecule has 1 N–H and O–H groups in total. The molecule has 0 saturated carbocycles. The average molecular weight is 397 g/mol. The first-order chi connectivity index (χ1) is 13.2. The van der Waals surface area contributed by atoms with Crippen molar-refractivity contribution >= 4 is 11.8 Å². The van der Waals surface area contributed by atoms with E-state index in [4.69, 9.17) is 4.74 Å². The van der Waals surface area contributed by atoms with E-state index in [0.717, 1.165) is 5.56 Å². The van der Waals surface area contributed by atoms with Gasteiger partial charge in [-0.3, -0.25) is 4.79 Å². The van der Waals surface area contributed by atoms with Crippen molar-refractivity contribution in [2.24, 2.45) is 5.41 Å². The van der Waals surface area contributed by atoms with Crippen molar-refractivity contribution in [3.8, 4) is 5.75 Å². The Balaban J connectivity index is 2.11. The van der Waals surface area contributed by atoms with Crippen LogP contribution in [0.15, 0.2) is 59.7 Å². The molecule has 0 saturated heterocycles. The lowest BCUT2D eigenvalue weighted by molar-refractivity contribution is -0.129. The molecule has 1 aromatic carbocycles. The summed E-state index contributed by atoms with van der Waals surface area (Å²) in [4.78, 5) is 24.0. The van der Waals surface area contributed by atoms with Gasteiger partial charge < -0.3 is 9.84 Å². The Bertz CT molecular complexity index is 876. The Morgan fingerprint density at radius 1 is 1.17 bits per heavy atom. The van der Waals surface area contributed by atoms with Crippen molar-refractivity contribution < 1.29 is 19.4 Å². The SMILES string of the molecule is CC1=CC(=O)CC(C)(C)[C@@]1(O)/C=C/C(C)=C\C(=O)Oc1ccc(C(C)(C)C)cc1. The van der Waals surface area contributed by atoms with Crippen molar-refractivity contribution in [2.45, 2.75) is 65.9 Å². The molecule has 4 nitrogen and oxygen atoms in total. The van der Waals surface area contributed by atoms with Crippen molar-refractivity contribution in [2.75, 3.05) is 0 Å². The van der Waals surface area contributed by atoms with E-state index in [9.17, 15) is 14.7 Å². The van der Waals surface area contributed by atoms with Gasteiger partial charge in [-0.1, -0.05) is 52.8 Å². The highest BCUT2D eigenvalue weighted by molar-refractivity contribution is 5.92. The van der Waals surface area contributed by atoms with Crippen LogP contribution in [0.4, 0.5) is 0 Å². The number of hydrogen-bond donors (Lipinski definition) is 1. The zero-order valence-corrected chi connectivity index (χ0v) is 18.5. The van der Waals surface area contributed by atoms with Gasteiger partial charge in [0, 0.05) is 17.9 Å². The monoisotopic (exact) mass is 396 g/mol. The highest BCUT2D eigenvalue weighted by Gasteiger charge is 2.46.